The van der Waals surface area contributed by atoms with E-state index < -0.39 is 0 Å². The Morgan fingerprint density at radius 2 is 2.00 bits per heavy atom. The molecule has 0 aliphatic carbocycles. The second kappa shape index (κ2) is 10.2. The van der Waals surface area contributed by atoms with Crippen LogP contribution >= 0.6 is 11.3 Å². The number of hydrogen-bond donors (Lipinski definition) is 1. The number of amides is 3. The standard InChI is InChI=1S/C25H33N3O3S/c1-6-13-27(24(30)26-25(3,4)5)16-23(29)28-14-11-22-20(12-15-32-22)21(28)17-31-19-9-7-18(2)8-10-19/h6-10,12,15,21H,1,11,13-14,16-17H2,2-5H3,(H,26,30)/t21-/m1/s1. The molecular weight excluding hydrogens is 422 g/mol. The van der Waals surface area contributed by atoms with Crippen molar-refractivity contribution in [2.45, 2.75) is 45.7 Å². The number of benzene rings is 1. The lowest BCUT2D eigenvalue weighted by atomic mass is 10.0. The van der Waals surface area contributed by atoms with E-state index in [0.717, 1.165) is 17.7 Å². The van der Waals surface area contributed by atoms with Crippen molar-refractivity contribution in [3.8, 4) is 5.75 Å². The molecule has 1 atom stereocenters. The molecule has 1 N–H and O–H groups in total. The molecule has 0 fully saturated rings. The monoisotopic (exact) mass is 455 g/mol. The van der Waals surface area contributed by atoms with Crippen LogP contribution in [0.5, 0.6) is 5.75 Å². The van der Waals surface area contributed by atoms with Gasteiger partial charge in [-0.15, -0.1) is 17.9 Å². The maximum atomic E-state index is 13.4. The molecule has 1 aliphatic rings. The number of urea groups is 1. The fraction of sp³-hybridized carbons (Fsp3) is 0.440. The van der Waals surface area contributed by atoms with E-state index in [1.54, 1.807) is 17.4 Å². The van der Waals surface area contributed by atoms with Gasteiger partial charge in [-0.3, -0.25) is 4.79 Å². The first kappa shape index (κ1) is 23.9. The third-order valence-corrected chi connectivity index (χ3v) is 6.29. The summed E-state index contributed by atoms with van der Waals surface area (Å²) in [7, 11) is 0. The van der Waals surface area contributed by atoms with E-state index in [4.69, 9.17) is 4.74 Å². The van der Waals surface area contributed by atoms with E-state index in [1.807, 2.05) is 56.9 Å². The fourth-order valence-electron chi connectivity index (χ4n) is 3.71. The third kappa shape index (κ3) is 6.13. The molecule has 0 spiro atoms. The van der Waals surface area contributed by atoms with Crippen LogP contribution < -0.4 is 10.1 Å². The van der Waals surface area contributed by atoms with Crippen LogP contribution in [0.3, 0.4) is 0 Å². The number of fused-ring (bicyclic) bond motifs is 1. The molecule has 32 heavy (non-hydrogen) atoms. The van der Waals surface area contributed by atoms with Gasteiger partial charge < -0.3 is 19.9 Å². The van der Waals surface area contributed by atoms with Crippen molar-refractivity contribution in [1.29, 1.82) is 0 Å². The number of nitrogens with one attached hydrogen (secondary N) is 1. The molecular formula is C25H33N3O3S. The molecule has 3 rings (SSSR count). The minimum absolute atomic E-state index is 0.00552. The summed E-state index contributed by atoms with van der Waals surface area (Å²) < 4.78 is 6.07. The molecule has 1 aromatic carbocycles. The average Bonchev–Trinajstić information content (AvgIpc) is 3.20. The normalized spacial score (nSPS) is 15.6. The summed E-state index contributed by atoms with van der Waals surface area (Å²) in [6.45, 7) is 12.8. The summed E-state index contributed by atoms with van der Waals surface area (Å²) in [5.74, 6) is 0.688. The van der Waals surface area contributed by atoms with Crippen LogP contribution in [0.25, 0.3) is 0 Å². The molecule has 2 aromatic rings. The predicted molar refractivity (Wildman–Crippen MR) is 129 cm³/mol. The SMILES string of the molecule is C=CCN(CC(=O)N1CCc2sccc2[C@H]1COc1ccc(C)cc1)C(=O)NC(C)(C)C. The van der Waals surface area contributed by atoms with Crippen LogP contribution in [-0.2, 0) is 11.2 Å². The van der Waals surface area contributed by atoms with Crippen molar-refractivity contribution >= 4 is 23.3 Å². The maximum absolute atomic E-state index is 13.4. The zero-order valence-electron chi connectivity index (χ0n) is 19.4. The van der Waals surface area contributed by atoms with Crippen LogP contribution in [0.4, 0.5) is 4.79 Å². The van der Waals surface area contributed by atoms with Crippen LogP contribution in [0.1, 0.15) is 42.8 Å². The lowest BCUT2D eigenvalue weighted by Gasteiger charge is -2.37. The van der Waals surface area contributed by atoms with Crippen LogP contribution in [0, 0.1) is 6.92 Å². The van der Waals surface area contributed by atoms with Crippen molar-refractivity contribution in [3.63, 3.8) is 0 Å². The van der Waals surface area contributed by atoms with Crippen LogP contribution in [-0.4, -0.2) is 53.5 Å². The molecule has 0 radical (unpaired) electrons. The largest absolute Gasteiger partial charge is 0.491 e. The van der Waals surface area contributed by atoms with Gasteiger partial charge in [-0.2, -0.15) is 0 Å². The van der Waals surface area contributed by atoms with Gasteiger partial charge in [0.1, 0.15) is 18.9 Å². The number of thiophene rings is 1. The Morgan fingerprint density at radius 3 is 2.66 bits per heavy atom. The molecule has 7 heteroatoms. The van der Waals surface area contributed by atoms with E-state index in [9.17, 15) is 9.59 Å². The molecule has 172 valence electrons. The van der Waals surface area contributed by atoms with Crippen molar-refractivity contribution in [3.05, 3.63) is 64.4 Å². The highest BCUT2D eigenvalue weighted by Crippen LogP contribution is 2.34. The molecule has 6 nitrogen and oxygen atoms in total. The molecule has 1 aliphatic heterocycles. The van der Waals surface area contributed by atoms with E-state index in [0.29, 0.717) is 19.7 Å². The maximum Gasteiger partial charge on any atom is 0.318 e. The molecule has 0 unspecified atom stereocenters. The summed E-state index contributed by atoms with van der Waals surface area (Å²) in [6, 6.07) is 9.53. The van der Waals surface area contributed by atoms with Gasteiger partial charge >= 0.3 is 6.03 Å². The van der Waals surface area contributed by atoms with Gasteiger partial charge in [-0.05, 0) is 63.3 Å². The molecule has 3 amide bonds. The van der Waals surface area contributed by atoms with Gasteiger partial charge in [0.15, 0.2) is 0 Å². The summed E-state index contributed by atoms with van der Waals surface area (Å²) >= 11 is 1.72. The average molecular weight is 456 g/mol. The number of nitrogens with zero attached hydrogens (tertiary/aromatic N) is 2. The van der Waals surface area contributed by atoms with E-state index >= 15 is 0 Å². The topological polar surface area (TPSA) is 61.9 Å². The van der Waals surface area contributed by atoms with Gasteiger partial charge in [0, 0.05) is 23.5 Å². The molecule has 0 saturated carbocycles. The highest BCUT2D eigenvalue weighted by Gasteiger charge is 2.33. The zero-order valence-corrected chi connectivity index (χ0v) is 20.2. The summed E-state index contributed by atoms with van der Waals surface area (Å²) in [5.41, 5.74) is 1.92. The summed E-state index contributed by atoms with van der Waals surface area (Å²) in [4.78, 5) is 30.7. The number of hydrogen-bond acceptors (Lipinski definition) is 4. The zero-order chi connectivity index (χ0) is 23.3. The minimum atomic E-state index is -0.388. The first-order valence-electron chi connectivity index (χ1n) is 10.9. The van der Waals surface area contributed by atoms with Gasteiger partial charge in [0.05, 0.1) is 6.04 Å². The molecule has 0 bridgehead atoms. The second-order valence-corrected chi connectivity index (χ2v) is 10.1. The first-order valence-corrected chi connectivity index (χ1v) is 11.8. The smallest absolute Gasteiger partial charge is 0.318 e. The van der Waals surface area contributed by atoms with Gasteiger partial charge in [-0.1, -0.05) is 23.8 Å². The Balaban J connectivity index is 1.75. The van der Waals surface area contributed by atoms with Crippen molar-refractivity contribution in [2.24, 2.45) is 0 Å². The number of ether oxygens (including phenoxy) is 1. The minimum Gasteiger partial charge on any atom is -0.491 e. The Kier molecular flexibility index (Phi) is 7.61. The molecule has 0 saturated heterocycles. The summed E-state index contributed by atoms with van der Waals surface area (Å²) in [6.07, 6.45) is 2.45. The Labute approximate surface area is 194 Å². The van der Waals surface area contributed by atoms with Crippen molar-refractivity contribution in [1.82, 2.24) is 15.1 Å². The van der Waals surface area contributed by atoms with Gasteiger partial charge in [0.25, 0.3) is 0 Å². The lowest BCUT2D eigenvalue weighted by molar-refractivity contribution is -0.135. The number of carbonyl (C=O) groups excluding carboxylic acids is 2. The van der Waals surface area contributed by atoms with Crippen molar-refractivity contribution in [2.75, 3.05) is 26.2 Å². The highest BCUT2D eigenvalue weighted by molar-refractivity contribution is 7.10. The Morgan fingerprint density at radius 1 is 1.28 bits per heavy atom. The first-order chi connectivity index (χ1) is 15.2. The Bertz CT molecular complexity index is 946. The van der Waals surface area contributed by atoms with E-state index in [1.165, 1.54) is 15.3 Å². The van der Waals surface area contributed by atoms with Crippen molar-refractivity contribution < 1.29 is 14.3 Å². The Hall–Kier alpha value is -2.80. The van der Waals surface area contributed by atoms with Crippen LogP contribution in [0.2, 0.25) is 0 Å². The van der Waals surface area contributed by atoms with E-state index in [-0.39, 0.29) is 30.1 Å². The molecule has 1 aromatic heterocycles. The number of rotatable bonds is 7. The predicted octanol–water partition coefficient (Wildman–Crippen LogP) is 4.56. The van der Waals surface area contributed by atoms with Gasteiger partial charge in [-0.25, -0.2) is 4.79 Å². The number of carbonyl (C=O) groups is 2. The quantitative estimate of drug-likeness (QED) is 0.623. The third-order valence-electron chi connectivity index (χ3n) is 5.29. The highest BCUT2D eigenvalue weighted by atomic mass is 32.1. The number of aryl methyl sites for hydroxylation is 1. The lowest BCUT2D eigenvalue weighted by Crippen LogP contribution is -2.53. The summed E-state index contributed by atoms with van der Waals surface area (Å²) in [5, 5.41) is 5.00. The second-order valence-electron chi connectivity index (χ2n) is 9.13. The van der Waals surface area contributed by atoms with Gasteiger partial charge in [0.2, 0.25) is 5.91 Å². The molecule has 2 heterocycles. The van der Waals surface area contributed by atoms with Crippen LogP contribution in [0.15, 0.2) is 48.4 Å². The van der Waals surface area contributed by atoms with E-state index in [2.05, 4.69) is 23.3 Å². The fourth-order valence-corrected chi connectivity index (χ4v) is 4.64.